The number of nitrogens with zero attached hydrogens (tertiary/aromatic N) is 2. The largest absolute Gasteiger partial charge is 0.507 e. The summed E-state index contributed by atoms with van der Waals surface area (Å²) >= 11 is 0.786. The van der Waals surface area contributed by atoms with Crippen LogP contribution in [0.3, 0.4) is 0 Å². The number of aliphatic hydroxyl groups is 1. The van der Waals surface area contributed by atoms with E-state index in [-0.39, 0.29) is 33.4 Å². The number of aliphatic hydroxyl groups excluding tert-OH is 1. The lowest BCUT2D eigenvalue weighted by Gasteiger charge is -2.23. The molecule has 0 radical (unpaired) electrons. The van der Waals surface area contributed by atoms with Gasteiger partial charge < -0.3 is 9.84 Å². The summed E-state index contributed by atoms with van der Waals surface area (Å²) in [5.74, 6) is -4.93. The highest BCUT2D eigenvalue weighted by Gasteiger charge is 2.49. The van der Waals surface area contributed by atoms with Crippen molar-refractivity contribution in [3.8, 4) is 0 Å². The Morgan fingerprint density at radius 3 is 2.58 bits per heavy atom. The van der Waals surface area contributed by atoms with E-state index in [1.807, 2.05) is 0 Å². The molecule has 2 heterocycles. The molecule has 0 aliphatic carbocycles. The fourth-order valence-electron chi connectivity index (χ4n) is 3.79. The van der Waals surface area contributed by atoms with E-state index in [2.05, 4.69) is 11.6 Å². The minimum Gasteiger partial charge on any atom is -0.507 e. The van der Waals surface area contributed by atoms with E-state index in [9.17, 15) is 28.3 Å². The van der Waals surface area contributed by atoms with Crippen molar-refractivity contribution in [1.82, 2.24) is 4.98 Å². The molecule has 1 amide bonds. The number of carbonyl (C=O) groups is 3. The van der Waals surface area contributed by atoms with Gasteiger partial charge in [-0.1, -0.05) is 54.3 Å². The topological polar surface area (TPSA) is 96.8 Å². The number of Topliss-reactive ketones (excluding diaryl/α,β-unsaturated/α-hetero) is 1. The molecule has 1 N–H and O–H groups in total. The number of aromatic nitrogens is 1. The van der Waals surface area contributed by atoms with Crippen molar-refractivity contribution < 1.29 is 33.0 Å². The summed E-state index contributed by atoms with van der Waals surface area (Å²) in [4.78, 5) is 44.1. The van der Waals surface area contributed by atoms with Gasteiger partial charge in [-0.3, -0.25) is 14.5 Å². The molecule has 10 heteroatoms. The summed E-state index contributed by atoms with van der Waals surface area (Å²) in [7, 11) is 0. The number of aryl methyl sites for hydroxylation is 2. The summed E-state index contributed by atoms with van der Waals surface area (Å²) in [6, 6.07) is 7.85. The van der Waals surface area contributed by atoms with Crippen molar-refractivity contribution in [3.63, 3.8) is 0 Å². The maximum absolute atomic E-state index is 15.0. The summed E-state index contributed by atoms with van der Waals surface area (Å²) in [6.07, 6.45) is 1.39. The average molecular weight is 511 g/mol. The van der Waals surface area contributed by atoms with E-state index in [0.29, 0.717) is 5.56 Å². The lowest BCUT2D eigenvalue weighted by Crippen LogP contribution is -2.29. The fraction of sp³-hybridized carbons (Fsp3) is 0.154. The molecule has 0 saturated carbocycles. The number of amides is 1. The van der Waals surface area contributed by atoms with Crippen molar-refractivity contribution in [3.05, 3.63) is 99.6 Å². The van der Waals surface area contributed by atoms with Gasteiger partial charge in [0, 0.05) is 11.1 Å². The predicted molar refractivity (Wildman–Crippen MR) is 130 cm³/mol. The highest BCUT2D eigenvalue weighted by molar-refractivity contribution is 7.17. The molecule has 36 heavy (non-hydrogen) atoms. The second-order valence-electron chi connectivity index (χ2n) is 7.95. The molecule has 4 rings (SSSR count). The molecule has 1 fully saturated rings. The Balaban J connectivity index is 1.91. The van der Waals surface area contributed by atoms with Gasteiger partial charge in [0.05, 0.1) is 11.3 Å². The Labute approximate surface area is 209 Å². The zero-order valence-corrected chi connectivity index (χ0v) is 20.1. The van der Waals surface area contributed by atoms with E-state index in [0.717, 1.165) is 28.4 Å². The van der Waals surface area contributed by atoms with Crippen LogP contribution in [0, 0.1) is 25.5 Å². The first-order valence-corrected chi connectivity index (χ1v) is 11.5. The van der Waals surface area contributed by atoms with Crippen LogP contribution >= 0.6 is 11.3 Å². The van der Waals surface area contributed by atoms with Crippen LogP contribution in [0.15, 0.2) is 60.7 Å². The number of ether oxygens (including phenoxy) is 1. The minimum atomic E-state index is -1.42. The third-order valence-corrected chi connectivity index (χ3v) is 6.74. The molecule has 0 unspecified atom stereocenters. The summed E-state index contributed by atoms with van der Waals surface area (Å²) in [5, 5.41) is 11.0. The van der Waals surface area contributed by atoms with Crippen molar-refractivity contribution in [2.75, 3.05) is 11.5 Å². The van der Waals surface area contributed by atoms with Crippen LogP contribution in [-0.2, 0) is 14.3 Å². The van der Waals surface area contributed by atoms with Crippen LogP contribution in [0.1, 0.15) is 38.1 Å². The summed E-state index contributed by atoms with van der Waals surface area (Å²) in [6.45, 7) is 6.49. The molecule has 0 bridgehead atoms. The van der Waals surface area contributed by atoms with Crippen molar-refractivity contribution >= 4 is 39.9 Å². The number of carbonyl (C=O) groups excluding carboxylic acids is 3. The highest BCUT2D eigenvalue weighted by Crippen LogP contribution is 2.44. The molecule has 1 aromatic heterocycles. The van der Waals surface area contributed by atoms with E-state index >= 15 is 0 Å². The highest BCUT2D eigenvalue weighted by atomic mass is 32.1. The Hall–Kier alpha value is -4.18. The van der Waals surface area contributed by atoms with Gasteiger partial charge in [-0.05, 0) is 31.5 Å². The minimum absolute atomic E-state index is 0.0433. The van der Waals surface area contributed by atoms with Gasteiger partial charge in [-0.15, -0.1) is 0 Å². The molecule has 1 aliphatic heterocycles. The van der Waals surface area contributed by atoms with Crippen LogP contribution in [0.4, 0.5) is 13.9 Å². The molecular weight excluding hydrogens is 490 g/mol. The van der Waals surface area contributed by atoms with Crippen LogP contribution in [0.25, 0.3) is 5.76 Å². The molecule has 184 valence electrons. The second kappa shape index (κ2) is 9.82. The lowest BCUT2D eigenvalue weighted by atomic mass is 9.94. The summed E-state index contributed by atoms with van der Waals surface area (Å²) in [5.41, 5.74) is -0.0291. The van der Waals surface area contributed by atoms with E-state index in [1.54, 1.807) is 0 Å². The number of hydrogen-bond donors (Lipinski definition) is 1. The summed E-state index contributed by atoms with van der Waals surface area (Å²) < 4.78 is 34.3. The smallest absolute Gasteiger partial charge is 0.350 e. The number of thiazole rings is 1. The Morgan fingerprint density at radius 2 is 1.92 bits per heavy atom. The molecular formula is C26H20F2N2O5S. The Morgan fingerprint density at radius 1 is 1.19 bits per heavy atom. The van der Waals surface area contributed by atoms with E-state index in [4.69, 9.17) is 4.74 Å². The van der Waals surface area contributed by atoms with Gasteiger partial charge in [-0.2, -0.15) is 0 Å². The average Bonchev–Trinajstić information content (AvgIpc) is 3.36. The Kier molecular flexibility index (Phi) is 6.80. The third-order valence-electron chi connectivity index (χ3n) is 5.60. The standard InChI is InChI=1S/C26H20F2N2O5S/c1-4-11-35-25(34)23-14(3)29-26(36-23)30-20(16-7-5-6-8-17(16)27)19(22(32)24(30)33)21(31)15-10-9-13(2)18(28)12-15/h4-10,12,20,31H,1,11H2,2-3H3/t20-/m1/s1. The quantitative estimate of drug-likeness (QED) is 0.165. The van der Waals surface area contributed by atoms with Crippen LogP contribution in [-0.4, -0.2) is 34.4 Å². The van der Waals surface area contributed by atoms with Crippen molar-refractivity contribution in [2.45, 2.75) is 19.9 Å². The van der Waals surface area contributed by atoms with Crippen LogP contribution < -0.4 is 4.90 Å². The molecule has 1 atom stereocenters. The maximum Gasteiger partial charge on any atom is 0.350 e. The lowest BCUT2D eigenvalue weighted by molar-refractivity contribution is -0.132. The molecule has 3 aromatic rings. The van der Waals surface area contributed by atoms with Gasteiger partial charge >= 0.3 is 11.9 Å². The normalized spacial score (nSPS) is 16.9. The number of anilines is 1. The van der Waals surface area contributed by atoms with Crippen molar-refractivity contribution in [1.29, 1.82) is 0 Å². The maximum atomic E-state index is 15.0. The van der Waals surface area contributed by atoms with Gasteiger partial charge in [0.15, 0.2) is 5.13 Å². The molecule has 2 aromatic carbocycles. The van der Waals surface area contributed by atoms with Crippen LogP contribution in [0.5, 0.6) is 0 Å². The molecule has 0 spiro atoms. The number of rotatable bonds is 6. The number of ketones is 1. The molecule has 1 aliphatic rings. The van der Waals surface area contributed by atoms with Gasteiger partial charge in [-0.25, -0.2) is 18.6 Å². The van der Waals surface area contributed by atoms with Gasteiger partial charge in [0.1, 0.15) is 34.9 Å². The zero-order chi connectivity index (χ0) is 26.1. The first kappa shape index (κ1) is 24.9. The number of esters is 1. The molecule has 7 nitrogen and oxygen atoms in total. The van der Waals surface area contributed by atoms with Crippen molar-refractivity contribution in [2.24, 2.45) is 0 Å². The fourth-order valence-corrected chi connectivity index (χ4v) is 4.78. The monoisotopic (exact) mass is 510 g/mol. The van der Waals surface area contributed by atoms with E-state index < -0.39 is 46.7 Å². The van der Waals surface area contributed by atoms with Gasteiger partial charge in [0.25, 0.3) is 5.78 Å². The van der Waals surface area contributed by atoms with Crippen LogP contribution in [0.2, 0.25) is 0 Å². The predicted octanol–water partition coefficient (Wildman–Crippen LogP) is 5.01. The third kappa shape index (κ3) is 4.31. The zero-order valence-electron chi connectivity index (χ0n) is 19.2. The number of halogens is 2. The number of benzene rings is 2. The Bertz CT molecular complexity index is 1450. The second-order valence-corrected chi connectivity index (χ2v) is 8.93. The first-order valence-electron chi connectivity index (χ1n) is 10.7. The SMILES string of the molecule is C=CCOC(=O)c1sc(N2C(=O)C(=O)C(=C(O)c3ccc(C)c(F)c3)[C@H]2c2ccccc2F)nc1C. The van der Waals surface area contributed by atoms with E-state index in [1.165, 1.54) is 50.3 Å². The van der Waals surface area contributed by atoms with Gasteiger partial charge in [0.2, 0.25) is 0 Å². The number of hydrogen-bond acceptors (Lipinski definition) is 7. The first-order chi connectivity index (χ1) is 17.1. The molecule has 1 saturated heterocycles.